The quantitative estimate of drug-likeness (QED) is 0.825. The summed E-state index contributed by atoms with van der Waals surface area (Å²) in [6, 6.07) is 6.55. The van der Waals surface area contributed by atoms with Gasteiger partial charge in [-0.15, -0.1) is 0 Å². The molecule has 1 aromatic carbocycles. The molecule has 0 atom stereocenters. The monoisotopic (exact) mass is 303 g/mol. The molecular weight excluding hydrogens is 278 g/mol. The van der Waals surface area contributed by atoms with Gasteiger partial charge in [-0.25, -0.2) is 0 Å². The largest absolute Gasteiger partial charge is 0.469 e. The van der Waals surface area contributed by atoms with E-state index in [1.165, 1.54) is 23.9 Å². The molecule has 5 heteroatoms. The third-order valence-electron chi connectivity index (χ3n) is 5.18. The Morgan fingerprint density at radius 1 is 1.41 bits per heavy atom. The summed E-state index contributed by atoms with van der Waals surface area (Å²) in [5.74, 6) is -0.124. The molecule has 2 aliphatic heterocycles. The van der Waals surface area contributed by atoms with E-state index >= 15 is 0 Å². The van der Waals surface area contributed by atoms with Gasteiger partial charge >= 0.3 is 5.97 Å². The van der Waals surface area contributed by atoms with Crippen molar-refractivity contribution in [2.45, 2.75) is 31.2 Å². The van der Waals surface area contributed by atoms with Crippen LogP contribution in [0.25, 0.3) is 0 Å². The number of nitrogens with two attached hydrogens (primary N) is 1. The third kappa shape index (κ3) is 2.83. The molecule has 3 rings (SSSR count). The summed E-state index contributed by atoms with van der Waals surface area (Å²) in [5, 5.41) is 3.55. The van der Waals surface area contributed by atoms with Gasteiger partial charge in [0, 0.05) is 30.7 Å². The highest BCUT2D eigenvalue weighted by Gasteiger charge is 2.41. The minimum Gasteiger partial charge on any atom is -0.469 e. The lowest BCUT2D eigenvalue weighted by Gasteiger charge is -2.39. The van der Waals surface area contributed by atoms with Crippen LogP contribution in [0.4, 0.5) is 5.69 Å². The van der Waals surface area contributed by atoms with E-state index in [1.807, 2.05) is 0 Å². The SMILES string of the molecule is COC(=O)CCN1CCC2(CC1)CNc1ccc(CN)cc12. The van der Waals surface area contributed by atoms with Crippen molar-refractivity contribution in [1.82, 2.24) is 4.90 Å². The van der Waals surface area contributed by atoms with Crippen molar-refractivity contribution >= 4 is 11.7 Å². The van der Waals surface area contributed by atoms with E-state index in [4.69, 9.17) is 10.5 Å². The van der Waals surface area contributed by atoms with Crippen LogP contribution >= 0.6 is 0 Å². The standard InChI is InChI=1S/C17H25N3O2/c1-22-16(21)4-7-20-8-5-17(6-9-20)12-19-15-3-2-13(11-18)10-14(15)17/h2-3,10,19H,4-9,11-12,18H2,1H3. The second-order valence-electron chi connectivity index (χ2n) is 6.39. The topological polar surface area (TPSA) is 67.6 Å². The van der Waals surface area contributed by atoms with E-state index in [1.54, 1.807) is 0 Å². The van der Waals surface area contributed by atoms with Crippen LogP contribution in [-0.2, 0) is 21.5 Å². The van der Waals surface area contributed by atoms with Gasteiger partial charge in [0.15, 0.2) is 0 Å². The minimum atomic E-state index is -0.124. The number of anilines is 1. The Kier molecular flexibility index (Phi) is 4.36. The van der Waals surface area contributed by atoms with Crippen LogP contribution in [0, 0.1) is 0 Å². The lowest BCUT2D eigenvalue weighted by molar-refractivity contribution is -0.141. The Labute approximate surface area is 131 Å². The number of esters is 1. The number of carbonyl (C=O) groups excluding carboxylic acids is 1. The fourth-order valence-electron chi connectivity index (χ4n) is 3.67. The molecule has 1 saturated heterocycles. The first kappa shape index (κ1) is 15.3. The third-order valence-corrected chi connectivity index (χ3v) is 5.18. The molecule has 2 aliphatic rings. The Balaban J connectivity index is 1.66. The molecule has 3 N–H and O–H groups in total. The van der Waals surface area contributed by atoms with E-state index in [0.717, 1.165) is 39.0 Å². The van der Waals surface area contributed by atoms with Crippen molar-refractivity contribution in [3.8, 4) is 0 Å². The molecule has 0 amide bonds. The summed E-state index contributed by atoms with van der Waals surface area (Å²) >= 11 is 0. The number of hydrogen-bond acceptors (Lipinski definition) is 5. The number of fused-ring (bicyclic) bond motifs is 2. The summed E-state index contributed by atoms with van der Waals surface area (Å²) in [5.41, 5.74) is 9.93. The summed E-state index contributed by atoms with van der Waals surface area (Å²) in [4.78, 5) is 13.6. The number of hydrogen-bond donors (Lipinski definition) is 2. The molecule has 0 unspecified atom stereocenters. The average Bonchev–Trinajstić information content (AvgIpc) is 2.92. The molecule has 5 nitrogen and oxygen atoms in total. The predicted octanol–water partition coefficient (Wildman–Crippen LogP) is 1.47. The van der Waals surface area contributed by atoms with E-state index in [2.05, 4.69) is 28.4 Å². The van der Waals surface area contributed by atoms with Gasteiger partial charge < -0.3 is 20.7 Å². The van der Waals surface area contributed by atoms with E-state index in [-0.39, 0.29) is 11.4 Å². The zero-order chi connectivity index (χ0) is 15.6. The normalized spacial score (nSPS) is 19.7. The van der Waals surface area contributed by atoms with E-state index in [9.17, 15) is 4.79 Å². The van der Waals surface area contributed by atoms with Crippen LogP contribution in [0.5, 0.6) is 0 Å². The number of ether oxygens (including phenoxy) is 1. The second-order valence-corrected chi connectivity index (χ2v) is 6.39. The van der Waals surface area contributed by atoms with Crippen LogP contribution in [-0.4, -0.2) is 44.2 Å². The number of benzene rings is 1. The summed E-state index contributed by atoms with van der Waals surface area (Å²) < 4.78 is 4.72. The Morgan fingerprint density at radius 2 is 2.18 bits per heavy atom. The molecular formula is C17H25N3O2. The fourth-order valence-corrected chi connectivity index (χ4v) is 3.67. The molecule has 0 aliphatic carbocycles. The molecule has 0 bridgehead atoms. The van der Waals surface area contributed by atoms with Crippen molar-refractivity contribution in [3.05, 3.63) is 29.3 Å². The Bertz CT molecular complexity index is 551. The number of methoxy groups -OCH3 is 1. The van der Waals surface area contributed by atoms with Gasteiger partial charge in [-0.3, -0.25) is 4.79 Å². The highest BCUT2D eigenvalue weighted by Crippen LogP contribution is 2.44. The van der Waals surface area contributed by atoms with Crippen molar-refractivity contribution < 1.29 is 9.53 Å². The summed E-state index contributed by atoms with van der Waals surface area (Å²) in [6.07, 6.45) is 2.74. The molecule has 1 aromatic rings. The van der Waals surface area contributed by atoms with Crippen LogP contribution in [0.15, 0.2) is 18.2 Å². The molecule has 1 fully saturated rings. The van der Waals surface area contributed by atoms with Gasteiger partial charge in [-0.05, 0) is 43.1 Å². The van der Waals surface area contributed by atoms with E-state index < -0.39 is 0 Å². The maximum atomic E-state index is 11.3. The van der Waals surface area contributed by atoms with Crippen LogP contribution in [0.1, 0.15) is 30.4 Å². The predicted molar refractivity (Wildman–Crippen MR) is 86.8 cm³/mol. The van der Waals surface area contributed by atoms with Crippen molar-refractivity contribution in [3.63, 3.8) is 0 Å². The molecule has 1 spiro atoms. The van der Waals surface area contributed by atoms with Crippen molar-refractivity contribution in [2.24, 2.45) is 5.73 Å². The lowest BCUT2D eigenvalue weighted by Crippen LogP contribution is -2.44. The van der Waals surface area contributed by atoms with Gasteiger partial charge in [0.05, 0.1) is 13.5 Å². The molecule has 0 aromatic heterocycles. The molecule has 0 saturated carbocycles. The van der Waals surface area contributed by atoms with Gasteiger partial charge in [0.25, 0.3) is 0 Å². The number of piperidine rings is 1. The maximum absolute atomic E-state index is 11.3. The maximum Gasteiger partial charge on any atom is 0.306 e. The Morgan fingerprint density at radius 3 is 2.86 bits per heavy atom. The first-order valence-electron chi connectivity index (χ1n) is 8.03. The number of carbonyl (C=O) groups is 1. The lowest BCUT2D eigenvalue weighted by atomic mass is 9.74. The highest BCUT2D eigenvalue weighted by molar-refractivity contribution is 5.69. The molecule has 0 radical (unpaired) electrons. The van der Waals surface area contributed by atoms with Crippen LogP contribution in [0.3, 0.4) is 0 Å². The zero-order valence-electron chi connectivity index (χ0n) is 13.2. The van der Waals surface area contributed by atoms with E-state index in [0.29, 0.717) is 13.0 Å². The number of rotatable bonds is 4. The van der Waals surface area contributed by atoms with Crippen molar-refractivity contribution in [2.75, 3.05) is 38.6 Å². The van der Waals surface area contributed by atoms with Gasteiger partial charge in [0.1, 0.15) is 0 Å². The van der Waals surface area contributed by atoms with Gasteiger partial charge in [-0.2, -0.15) is 0 Å². The zero-order valence-corrected chi connectivity index (χ0v) is 13.2. The minimum absolute atomic E-state index is 0.124. The fraction of sp³-hybridized carbons (Fsp3) is 0.588. The number of likely N-dealkylation sites (tertiary alicyclic amines) is 1. The summed E-state index contributed by atoms with van der Waals surface area (Å²) in [6.45, 7) is 4.47. The van der Waals surface area contributed by atoms with Crippen LogP contribution in [0.2, 0.25) is 0 Å². The number of nitrogens with zero attached hydrogens (tertiary/aromatic N) is 1. The van der Waals surface area contributed by atoms with Gasteiger partial charge in [-0.1, -0.05) is 12.1 Å². The highest BCUT2D eigenvalue weighted by atomic mass is 16.5. The molecule has 22 heavy (non-hydrogen) atoms. The first-order valence-corrected chi connectivity index (χ1v) is 8.03. The van der Waals surface area contributed by atoms with Crippen molar-refractivity contribution in [1.29, 1.82) is 0 Å². The van der Waals surface area contributed by atoms with Crippen LogP contribution < -0.4 is 11.1 Å². The first-order chi connectivity index (χ1) is 10.7. The van der Waals surface area contributed by atoms with Gasteiger partial charge in [0.2, 0.25) is 0 Å². The Hall–Kier alpha value is -1.59. The molecule has 2 heterocycles. The smallest absolute Gasteiger partial charge is 0.306 e. The second kappa shape index (κ2) is 6.26. The summed E-state index contributed by atoms with van der Waals surface area (Å²) in [7, 11) is 1.45. The average molecular weight is 303 g/mol. The number of nitrogens with one attached hydrogen (secondary N) is 1. The molecule has 120 valence electrons.